The molecule has 6 heteroatoms. The maximum Gasteiger partial charge on any atom is 0.355 e. The summed E-state index contributed by atoms with van der Waals surface area (Å²) in [6.45, 7) is 1.31. The van der Waals surface area contributed by atoms with E-state index in [0.717, 1.165) is 18.4 Å². The predicted molar refractivity (Wildman–Crippen MR) is 105 cm³/mol. The van der Waals surface area contributed by atoms with Gasteiger partial charge in [0.25, 0.3) is 5.91 Å². The summed E-state index contributed by atoms with van der Waals surface area (Å²) in [7, 11) is 0. The zero-order valence-corrected chi connectivity index (χ0v) is 15.6. The first-order valence-electron chi connectivity index (χ1n) is 9.13. The number of rotatable bonds is 7. The van der Waals surface area contributed by atoms with Crippen molar-refractivity contribution < 1.29 is 19.1 Å². The van der Waals surface area contributed by atoms with Gasteiger partial charge in [-0.3, -0.25) is 9.59 Å². The summed E-state index contributed by atoms with van der Waals surface area (Å²) in [6, 6.07) is 18.0. The maximum atomic E-state index is 12.8. The molecule has 0 aliphatic heterocycles. The summed E-state index contributed by atoms with van der Waals surface area (Å²) in [5, 5.41) is 5.36. The zero-order valence-electron chi connectivity index (χ0n) is 15.6. The van der Waals surface area contributed by atoms with Crippen LogP contribution in [0.3, 0.4) is 0 Å². The summed E-state index contributed by atoms with van der Waals surface area (Å²) in [5.41, 5.74) is 1.26. The lowest BCUT2D eigenvalue weighted by atomic mass is 10.1. The molecule has 1 fully saturated rings. The number of carbonyl (C=O) groups excluding carboxylic acids is 3. The van der Waals surface area contributed by atoms with Crippen molar-refractivity contribution in [3.8, 4) is 0 Å². The van der Waals surface area contributed by atoms with E-state index in [9.17, 15) is 14.4 Å². The van der Waals surface area contributed by atoms with Crippen LogP contribution in [0.25, 0.3) is 6.08 Å². The first-order valence-corrected chi connectivity index (χ1v) is 9.13. The molecule has 2 amide bonds. The first kappa shape index (κ1) is 19.4. The molecule has 0 bridgehead atoms. The highest BCUT2D eigenvalue weighted by atomic mass is 16.5. The van der Waals surface area contributed by atoms with Gasteiger partial charge in [-0.05, 0) is 24.5 Å². The maximum absolute atomic E-state index is 12.8. The summed E-state index contributed by atoms with van der Waals surface area (Å²) in [6.07, 6.45) is 2.27. The third kappa shape index (κ3) is 5.54. The Morgan fingerprint density at radius 3 is 2.18 bits per heavy atom. The molecule has 0 spiro atoms. The van der Waals surface area contributed by atoms with Gasteiger partial charge in [-0.2, -0.15) is 0 Å². The number of esters is 1. The predicted octanol–water partition coefficient (Wildman–Crippen LogP) is 2.73. The van der Waals surface area contributed by atoms with Crippen LogP contribution in [0.15, 0.2) is 66.4 Å². The molecule has 1 saturated carbocycles. The smallest absolute Gasteiger partial charge is 0.355 e. The van der Waals surface area contributed by atoms with E-state index in [4.69, 9.17) is 4.74 Å². The fourth-order valence-corrected chi connectivity index (χ4v) is 2.63. The Morgan fingerprint density at radius 1 is 1.00 bits per heavy atom. The monoisotopic (exact) mass is 378 g/mol. The normalized spacial score (nSPS) is 14.7. The van der Waals surface area contributed by atoms with Gasteiger partial charge in [-0.1, -0.05) is 60.7 Å². The van der Waals surface area contributed by atoms with Crippen molar-refractivity contribution in [3.63, 3.8) is 0 Å². The van der Waals surface area contributed by atoms with Crippen LogP contribution in [0, 0.1) is 0 Å². The van der Waals surface area contributed by atoms with Gasteiger partial charge >= 0.3 is 5.97 Å². The van der Waals surface area contributed by atoms with Crippen LogP contribution in [0.1, 0.15) is 37.0 Å². The number of hydrogen-bond donors (Lipinski definition) is 2. The molecule has 28 heavy (non-hydrogen) atoms. The highest BCUT2D eigenvalue weighted by Gasteiger charge is 2.31. The highest BCUT2D eigenvalue weighted by Crippen LogP contribution is 2.24. The van der Waals surface area contributed by atoms with Crippen molar-refractivity contribution in [2.24, 2.45) is 0 Å². The number of nitrogens with one attached hydrogen (secondary N) is 2. The standard InChI is InChI=1S/C22H22N2O4/c1-15(25)23-19(14-16-8-4-2-5-9-16)22(27)28-20(17-10-6-3-7-11-17)21(26)24-18-12-13-18/h2-11,14,18,20H,12-13H2,1H3,(H,23,25)(H,24,26)/b19-14-/t20-/m0/s1. The quantitative estimate of drug-likeness (QED) is 0.573. The Balaban J connectivity index is 1.84. The van der Waals surface area contributed by atoms with Crippen molar-refractivity contribution in [2.45, 2.75) is 31.9 Å². The molecule has 1 aliphatic rings. The molecule has 0 saturated heterocycles. The molecule has 1 atom stereocenters. The molecule has 0 heterocycles. The minimum Gasteiger partial charge on any atom is -0.443 e. The Bertz CT molecular complexity index is 874. The average Bonchev–Trinajstić information content (AvgIpc) is 3.50. The minimum absolute atomic E-state index is 0.0288. The number of amides is 2. The molecule has 1 aliphatic carbocycles. The number of carbonyl (C=O) groups is 3. The summed E-state index contributed by atoms with van der Waals surface area (Å²) >= 11 is 0. The second-order valence-electron chi connectivity index (χ2n) is 6.63. The fraction of sp³-hybridized carbons (Fsp3) is 0.227. The SMILES string of the molecule is CC(=O)N/C(=C\c1ccccc1)C(=O)O[C@H](C(=O)NC1CC1)c1ccccc1. The van der Waals surface area contributed by atoms with Crippen molar-refractivity contribution >= 4 is 23.9 Å². The van der Waals surface area contributed by atoms with Crippen LogP contribution in [0.4, 0.5) is 0 Å². The molecule has 0 radical (unpaired) electrons. The number of ether oxygens (including phenoxy) is 1. The van der Waals surface area contributed by atoms with Crippen molar-refractivity contribution in [1.82, 2.24) is 10.6 Å². The van der Waals surface area contributed by atoms with E-state index in [0.29, 0.717) is 5.56 Å². The lowest BCUT2D eigenvalue weighted by Crippen LogP contribution is -2.35. The van der Waals surface area contributed by atoms with E-state index in [1.54, 1.807) is 36.4 Å². The van der Waals surface area contributed by atoms with Gasteiger partial charge in [-0.25, -0.2) is 4.79 Å². The van der Waals surface area contributed by atoms with Gasteiger partial charge in [-0.15, -0.1) is 0 Å². The highest BCUT2D eigenvalue weighted by molar-refractivity contribution is 5.99. The van der Waals surface area contributed by atoms with Crippen LogP contribution in [0.2, 0.25) is 0 Å². The van der Waals surface area contributed by atoms with Gasteiger partial charge in [0.15, 0.2) is 0 Å². The minimum atomic E-state index is -1.10. The third-order valence-corrected chi connectivity index (χ3v) is 4.13. The van der Waals surface area contributed by atoms with Crippen molar-refractivity contribution in [3.05, 3.63) is 77.5 Å². The van der Waals surface area contributed by atoms with E-state index in [1.807, 2.05) is 24.3 Å². The fourth-order valence-electron chi connectivity index (χ4n) is 2.63. The Morgan fingerprint density at radius 2 is 1.61 bits per heavy atom. The summed E-state index contributed by atoms with van der Waals surface area (Å²) in [4.78, 5) is 37.0. The molecule has 0 unspecified atom stereocenters. The van der Waals surface area contributed by atoms with Crippen LogP contribution < -0.4 is 10.6 Å². The van der Waals surface area contributed by atoms with E-state index in [1.165, 1.54) is 13.0 Å². The van der Waals surface area contributed by atoms with Crippen molar-refractivity contribution in [1.29, 1.82) is 0 Å². The number of benzene rings is 2. The van der Waals surface area contributed by atoms with E-state index < -0.39 is 18.0 Å². The first-order chi connectivity index (χ1) is 13.5. The molecule has 2 aromatic carbocycles. The second-order valence-corrected chi connectivity index (χ2v) is 6.63. The molecular formula is C22H22N2O4. The lowest BCUT2D eigenvalue weighted by Gasteiger charge is -2.19. The topological polar surface area (TPSA) is 84.5 Å². The second kappa shape index (κ2) is 8.99. The molecule has 144 valence electrons. The Labute approximate surface area is 163 Å². The van der Waals surface area contributed by atoms with Gasteiger partial charge in [0.05, 0.1) is 0 Å². The van der Waals surface area contributed by atoms with E-state index in [-0.39, 0.29) is 17.6 Å². The third-order valence-electron chi connectivity index (χ3n) is 4.13. The van der Waals surface area contributed by atoms with E-state index in [2.05, 4.69) is 10.6 Å². The number of hydrogen-bond acceptors (Lipinski definition) is 4. The van der Waals surface area contributed by atoms with Gasteiger partial charge in [0, 0.05) is 18.5 Å². The van der Waals surface area contributed by atoms with Crippen LogP contribution in [0.5, 0.6) is 0 Å². The van der Waals surface area contributed by atoms with Crippen LogP contribution >= 0.6 is 0 Å². The van der Waals surface area contributed by atoms with Gasteiger partial charge < -0.3 is 15.4 Å². The lowest BCUT2D eigenvalue weighted by molar-refractivity contribution is -0.153. The molecular weight excluding hydrogens is 356 g/mol. The molecule has 6 nitrogen and oxygen atoms in total. The zero-order chi connectivity index (χ0) is 19.9. The van der Waals surface area contributed by atoms with Gasteiger partial charge in [0.2, 0.25) is 12.0 Å². The summed E-state index contributed by atoms with van der Waals surface area (Å²) in [5.74, 6) is -1.55. The Hall–Kier alpha value is -3.41. The molecule has 2 aromatic rings. The largest absolute Gasteiger partial charge is 0.443 e. The molecule has 3 rings (SSSR count). The van der Waals surface area contributed by atoms with Crippen molar-refractivity contribution in [2.75, 3.05) is 0 Å². The molecule has 0 aromatic heterocycles. The average molecular weight is 378 g/mol. The Kier molecular flexibility index (Phi) is 6.22. The van der Waals surface area contributed by atoms with Crippen LogP contribution in [-0.2, 0) is 19.1 Å². The summed E-state index contributed by atoms with van der Waals surface area (Å²) < 4.78 is 5.53. The van der Waals surface area contributed by atoms with Gasteiger partial charge in [0.1, 0.15) is 5.70 Å². The molecule has 2 N–H and O–H groups in total. The van der Waals surface area contributed by atoms with Crippen LogP contribution in [-0.4, -0.2) is 23.8 Å². The van der Waals surface area contributed by atoms with E-state index >= 15 is 0 Å².